The first-order valence-electron chi connectivity index (χ1n) is 11.5. The molecule has 0 bridgehead atoms. The monoisotopic (exact) mass is 473 g/mol. The Kier molecular flexibility index (Phi) is 6.10. The topological polar surface area (TPSA) is 100.0 Å². The highest BCUT2D eigenvalue weighted by Gasteiger charge is 2.22. The fourth-order valence-corrected chi connectivity index (χ4v) is 4.53. The van der Waals surface area contributed by atoms with Gasteiger partial charge in [0.15, 0.2) is 5.75 Å². The van der Waals surface area contributed by atoms with Crippen LogP contribution in [0.25, 0.3) is 11.1 Å². The van der Waals surface area contributed by atoms with Gasteiger partial charge in [0.25, 0.3) is 5.91 Å². The SMILES string of the molecule is COc1cc(-c2ccc3c(c2)Nc2ccc(CN4CCN(C)CC4)cc2NC3=O)ccc1[N+](=O)[O-]. The zero-order chi connectivity index (χ0) is 24.5. The van der Waals surface area contributed by atoms with Crippen LogP contribution in [0.2, 0.25) is 0 Å². The quantitative estimate of drug-likeness (QED) is 0.420. The maximum atomic E-state index is 13.0. The molecule has 0 aromatic heterocycles. The molecule has 0 atom stereocenters. The lowest BCUT2D eigenvalue weighted by atomic mass is 10.0. The van der Waals surface area contributed by atoms with Crippen molar-refractivity contribution < 1.29 is 14.5 Å². The van der Waals surface area contributed by atoms with E-state index < -0.39 is 4.92 Å². The molecule has 2 N–H and O–H groups in total. The number of carbonyl (C=O) groups is 1. The Bertz CT molecular complexity index is 1300. The Morgan fingerprint density at radius 3 is 2.40 bits per heavy atom. The van der Waals surface area contributed by atoms with E-state index in [4.69, 9.17) is 4.74 Å². The molecule has 1 saturated heterocycles. The Balaban J connectivity index is 1.42. The zero-order valence-corrected chi connectivity index (χ0v) is 19.7. The second-order valence-corrected chi connectivity index (χ2v) is 8.94. The number of amides is 1. The summed E-state index contributed by atoms with van der Waals surface area (Å²) in [5.41, 5.74) is 5.39. The molecule has 1 amide bonds. The van der Waals surface area contributed by atoms with E-state index >= 15 is 0 Å². The van der Waals surface area contributed by atoms with Crippen LogP contribution in [-0.4, -0.2) is 61.0 Å². The highest BCUT2D eigenvalue weighted by Crippen LogP contribution is 2.37. The number of nitrogens with zero attached hydrogens (tertiary/aromatic N) is 3. The summed E-state index contributed by atoms with van der Waals surface area (Å²) in [6, 6.07) is 16.3. The molecule has 2 heterocycles. The number of anilines is 3. The van der Waals surface area contributed by atoms with Gasteiger partial charge in [-0.15, -0.1) is 0 Å². The van der Waals surface area contributed by atoms with Crippen LogP contribution in [-0.2, 0) is 6.54 Å². The number of nitro benzene ring substituents is 1. The number of ether oxygens (including phenoxy) is 1. The van der Waals surface area contributed by atoms with Crippen molar-refractivity contribution in [1.29, 1.82) is 0 Å². The number of rotatable bonds is 5. The zero-order valence-electron chi connectivity index (χ0n) is 19.7. The fraction of sp³-hybridized carbons (Fsp3) is 0.269. The number of nitro groups is 1. The van der Waals surface area contributed by atoms with Crippen molar-refractivity contribution in [3.8, 4) is 16.9 Å². The first-order chi connectivity index (χ1) is 16.9. The van der Waals surface area contributed by atoms with Crippen molar-refractivity contribution in [3.63, 3.8) is 0 Å². The van der Waals surface area contributed by atoms with E-state index in [-0.39, 0.29) is 17.3 Å². The highest BCUT2D eigenvalue weighted by atomic mass is 16.6. The van der Waals surface area contributed by atoms with Crippen LogP contribution in [0.4, 0.5) is 22.7 Å². The van der Waals surface area contributed by atoms with Crippen LogP contribution < -0.4 is 15.4 Å². The average Bonchev–Trinajstić information content (AvgIpc) is 2.99. The smallest absolute Gasteiger partial charge is 0.310 e. The van der Waals surface area contributed by atoms with E-state index in [9.17, 15) is 14.9 Å². The minimum absolute atomic E-state index is 0.0928. The summed E-state index contributed by atoms with van der Waals surface area (Å²) >= 11 is 0. The standard InChI is InChI=1S/C26H27N5O4/c1-29-9-11-30(12-10-29)16-17-3-7-21-23(13-17)28-26(32)20-6-4-18(14-22(20)27-21)19-5-8-24(31(33)34)25(15-19)35-2/h3-8,13-15,27H,9-12,16H2,1-2H3,(H,28,32). The molecule has 0 aliphatic carbocycles. The first-order valence-corrected chi connectivity index (χ1v) is 11.5. The molecule has 3 aromatic rings. The number of hydrogen-bond donors (Lipinski definition) is 2. The van der Waals surface area contributed by atoms with Gasteiger partial charge in [0.05, 0.1) is 34.7 Å². The molecule has 9 heteroatoms. The second-order valence-electron chi connectivity index (χ2n) is 8.94. The summed E-state index contributed by atoms with van der Waals surface area (Å²) in [5, 5.41) is 17.7. The minimum Gasteiger partial charge on any atom is -0.490 e. The van der Waals surface area contributed by atoms with Gasteiger partial charge in [0.1, 0.15) is 0 Å². The number of hydrogen-bond acceptors (Lipinski definition) is 7. The van der Waals surface area contributed by atoms with E-state index in [1.54, 1.807) is 18.2 Å². The van der Waals surface area contributed by atoms with Crippen LogP contribution in [0, 0.1) is 10.1 Å². The van der Waals surface area contributed by atoms with Crippen molar-refractivity contribution in [3.05, 3.63) is 75.8 Å². The van der Waals surface area contributed by atoms with Crippen LogP contribution in [0.5, 0.6) is 5.75 Å². The normalized spacial score (nSPS) is 15.9. The Hall–Kier alpha value is -3.95. The van der Waals surface area contributed by atoms with Gasteiger partial charge in [-0.2, -0.15) is 0 Å². The van der Waals surface area contributed by atoms with Crippen LogP contribution >= 0.6 is 0 Å². The van der Waals surface area contributed by atoms with Crippen molar-refractivity contribution in [1.82, 2.24) is 9.80 Å². The van der Waals surface area contributed by atoms with Crippen LogP contribution in [0.3, 0.4) is 0 Å². The molecule has 0 radical (unpaired) electrons. The molecular weight excluding hydrogens is 446 g/mol. The first kappa shape index (κ1) is 22.8. The number of methoxy groups -OCH3 is 1. The van der Waals surface area contributed by atoms with E-state index in [0.29, 0.717) is 11.3 Å². The van der Waals surface area contributed by atoms with Gasteiger partial charge in [-0.1, -0.05) is 12.1 Å². The van der Waals surface area contributed by atoms with Crippen molar-refractivity contribution >= 4 is 28.7 Å². The predicted molar refractivity (Wildman–Crippen MR) is 136 cm³/mol. The summed E-state index contributed by atoms with van der Waals surface area (Å²) in [5.74, 6) is 0.00204. The second kappa shape index (κ2) is 9.36. The summed E-state index contributed by atoms with van der Waals surface area (Å²) in [7, 11) is 3.55. The molecule has 180 valence electrons. The van der Waals surface area contributed by atoms with E-state index in [2.05, 4.69) is 33.5 Å². The predicted octanol–water partition coefficient (Wildman–Crippen LogP) is 4.33. The number of fused-ring (bicyclic) bond motifs is 2. The molecule has 2 aliphatic rings. The molecule has 35 heavy (non-hydrogen) atoms. The van der Waals surface area contributed by atoms with Gasteiger partial charge in [-0.05, 0) is 60.1 Å². The third-order valence-electron chi connectivity index (χ3n) is 6.58. The molecule has 2 aliphatic heterocycles. The maximum Gasteiger partial charge on any atom is 0.310 e. The van der Waals surface area contributed by atoms with Gasteiger partial charge in [0.2, 0.25) is 0 Å². The summed E-state index contributed by atoms with van der Waals surface area (Å²) in [6.45, 7) is 5.01. The van der Waals surface area contributed by atoms with Gasteiger partial charge in [0, 0.05) is 38.8 Å². The molecule has 9 nitrogen and oxygen atoms in total. The van der Waals surface area contributed by atoms with Gasteiger partial charge in [-0.25, -0.2) is 0 Å². The third kappa shape index (κ3) is 4.68. The average molecular weight is 474 g/mol. The third-order valence-corrected chi connectivity index (χ3v) is 6.58. The Labute approximate surface area is 203 Å². The number of carbonyl (C=O) groups excluding carboxylic acids is 1. The number of nitrogens with one attached hydrogen (secondary N) is 2. The van der Waals surface area contributed by atoms with Crippen molar-refractivity contribution in [2.24, 2.45) is 0 Å². The maximum absolute atomic E-state index is 13.0. The lowest BCUT2D eigenvalue weighted by molar-refractivity contribution is -0.385. The number of likely N-dealkylation sites (N-methyl/N-ethyl adjacent to an activating group) is 1. The Morgan fingerprint density at radius 2 is 1.66 bits per heavy atom. The van der Waals surface area contributed by atoms with Gasteiger partial charge >= 0.3 is 5.69 Å². The fourth-order valence-electron chi connectivity index (χ4n) is 4.53. The molecular formula is C26H27N5O4. The number of benzene rings is 3. The summed E-state index contributed by atoms with van der Waals surface area (Å²) in [6.07, 6.45) is 0. The van der Waals surface area contributed by atoms with Crippen LogP contribution in [0.15, 0.2) is 54.6 Å². The molecule has 1 fully saturated rings. The molecule has 0 spiro atoms. The lowest BCUT2D eigenvalue weighted by Gasteiger charge is -2.32. The molecule has 5 rings (SSSR count). The van der Waals surface area contributed by atoms with Gasteiger partial charge < -0.3 is 20.3 Å². The van der Waals surface area contributed by atoms with Crippen LogP contribution in [0.1, 0.15) is 15.9 Å². The summed E-state index contributed by atoms with van der Waals surface area (Å²) in [4.78, 5) is 28.5. The molecule has 0 saturated carbocycles. The summed E-state index contributed by atoms with van der Waals surface area (Å²) < 4.78 is 5.21. The molecule has 3 aromatic carbocycles. The Morgan fingerprint density at radius 1 is 0.914 bits per heavy atom. The van der Waals surface area contributed by atoms with E-state index in [1.807, 2.05) is 24.3 Å². The molecule has 0 unspecified atom stereocenters. The largest absolute Gasteiger partial charge is 0.490 e. The highest BCUT2D eigenvalue weighted by molar-refractivity contribution is 6.12. The lowest BCUT2D eigenvalue weighted by Crippen LogP contribution is -2.43. The number of piperazine rings is 1. The van der Waals surface area contributed by atoms with Crippen molar-refractivity contribution in [2.75, 3.05) is 51.0 Å². The van der Waals surface area contributed by atoms with Gasteiger partial charge in [-0.3, -0.25) is 19.8 Å². The van der Waals surface area contributed by atoms with Crippen molar-refractivity contribution in [2.45, 2.75) is 6.54 Å². The van der Waals surface area contributed by atoms with E-state index in [0.717, 1.165) is 60.8 Å². The minimum atomic E-state index is -0.472. The van der Waals surface area contributed by atoms with E-state index in [1.165, 1.54) is 13.2 Å².